The molecule has 0 aromatic carbocycles. The molecule has 0 spiro atoms. The Morgan fingerprint density at radius 1 is 1.29 bits per heavy atom. The molecule has 0 aromatic heterocycles. The van der Waals surface area contributed by atoms with Gasteiger partial charge in [-0.3, -0.25) is 4.90 Å². The predicted octanol–water partition coefficient (Wildman–Crippen LogP) is 0.655. The lowest BCUT2D eigenvalue weighted by molar-refractivity contribution is 0.0745. The normalized spacial score (nSPS) is 32.5. The number of nitrogens with zero attached hydrogens (tertiary/aromatic N) is 1. The Kier molecular flexibility index (Phi) is 3.80. The van der Waals surface area contributed by atoms with Crippen molar-refractivity contribution in [1.82, 2.24) is 4.90 Å². The molecule has 2 rings (SSSR count). The van der Waals surface area contributed by atoms with Gasteiger partial charge >= 0.3 is 0 Å². The molecule has 2 aliphatic rings. The van der Waals surface area contributed by atoms with Gasteiger partial charge in [-0.15, -0.1) is 0 Å². The van der Waals surface area contributed by atoms with E-state index in [1.165, 1.54) is 0 Å². The summed E-state index contributed by atoms with van der Waals surface area (Å²) in [4.78, 5) is 2.25. The van der Waals surface area contributed by atoms with Crippen LogP contribution in [0.3, 0.4) is 0 Å². The van der Waals surface area contributed by atoms with Crippen LogP contribution in [0.1, 0.15) is 33.1 Å². The van der Waals surface area contributed by atoms with E-state index in [0.717, 1.165) is 25.8 Å². The second-order valence-corrected chi connectivity index (χ2v) is 8.02. The van der Waals surface area contributed by atoms with E-state index >= 15 is 0 Å². The van der Waals surface area contributed by atoms with Gasteiger partial charge in [-0.25, -0.2) is 8.42 Å². The van der Waals surface area contributed by atoms with Crippen LogP contribution < -0.4 is 0 Å². The zero-order valence-corrected chi connectivity index (χ0v) is 11.5. The Morgan fingerprint density at radius 3 is 2.35 bits per heavy atom. The molecule has 2 atom stereocenters. The van der Waals surface area contributed by atoms with Gasteiger partial charge in [-0.05, 0) is 31.7 Å². The Hall–Kier alpha value is -0.130. The van der Waals surface area contributed by atoms with Crippen LogP contribution in [0.5, 0.6) is 0 Å². The monoisotopic (exact) mass is 261 g/mol. The van der Waals surface area contributed by atoms with Crippen molar-refractivity contribution in [3.05, 3.63) is 0 Å². The second-order valence-electron chi connectivity index (χ2n) is 5.86. The van der Waals surface area contributed by atoms with Gasteiger partial charge in [0.15, 0.2) is 9.84 Å². The summed E-state index contributed by atoms with van der Waals surface area (Å²) < 4.78 is 23.1. The van der Waals surface area contributed by atoms with E-state index in [1.54, 1.807) is 0 Å². The fourth-order valence-corrected chi connectivity index (χ4v) is 4.37. The minimum atomic E-state index is -3.03. The van der Waals surface area contributed by atoms with Crippen molar-refractivity contribution in [3.63, 3.8) is 0 Å². The lowest BCUT2D eigenvalue weighted by Gasteiger charge is -2.30. The van der Waals surface area contributed by atoms with Gasteiger partial charge in [0, 0.05) is 6.04 Å². The molecule has 0 aromatic rings. The fourth-order valence-electron chi connectivity index (χ4n) is 2.56. The van der Waals surface area contributed by atoms with Crippen LogP contribution in [0, 0.1) is 5.92 Å². The summed E-state index contributed by atoms with van der Waals surface area (Å²) in [5, 5.41) is 9.92. The number of aliphatic hydroxyl groups excluding tert-OH is 1. The van der Waals surface area contributed by atoms with Crippen LogP contribution in [-0.4, -0.2) is 54.7 Å². The van der Waals surface area contributed by atoms with E-state index in [-0.39, 0.29) is 17.5 Å². The van der Waals surface area contributed by atoms with E-state index < -0.39 is 15.9 Å². The van der Waals surface area contributed by atoms with Crippen molar-refractivity contribution in [3.8, 4) is 0 Å². The van der Waals surface area contributed by atoms with Crippen molar-refractivity contribution in [1.29, 1.82) is 0 Å². The first-order valence-electron chi connectivity index (χ1n) is 6.53. The summed E-state index contributed by atoms with van der Waals surface area (Å²) in [6.45, 7) is 5.26. The van der Waals surface area contributed by atoms with E-state index in [0.29, 0.717) is 12.0 Å². The smallest absolute Gasteiger partial charge is 0.154 e. The summed E-state index contributed by atoms with van der Waals surface area (Å²) in [5.41, 5.74) is 0. The highest BCUT2D eigenvalue weighted by Crippen LogP contribution is 2.32. The summed E-state index contributed by atoms with van der Waals surface area (Å²) in [7, 11) is -3.03. The van der Waals surface area contributed by atoms with Gasteiger partial charge in [0.25, 0.3) is 0 Å². The molecule has 0 amide bonds. The first-order valence-corrected chi connectivity index (χ1v) is 8.35. The summed E-state index contributed by atoms with van der Waals surface area (Å²) in [6, 6.07) is 0.355. The molecule has 1 heterocycles. The molecule has 1 saturated carbocycles. The molecular formula is C12H23NO3S. The first-order chi connectivity index (χ1) is 7.89. The molecule has 5 heteroatoms. The van der Waals surface area contributed by atoms with Crippen molar-refractivity contribution in [2.45, 2.75) is 51.3 Å². The average Bonchev–Trinajstić information content (AvgIpc) is 2.94. The third-order valence-corrected chi connectivity index (χ3v) is 5.40. The number of sulfone groups is 1. The maximum atomic E-state index is 11.6. The largest absolute Gasteiger partial charge is 0.390 e. The molecular weight excluding hydrogens is 238 g/mol. The summed E-state index contributed by atoms with van der Waals surface area (Å²) >= 11 is 0. The molecule has 17 heavy (non-hydrogen) atoms. The number of hydrogen-bond donors (Lipinski definition) is 1. The van der Waals surface area contributed by atoms with Crippen molar-refractivity contribution < 1.29 is 13.5 Å². The molecule has 1 saturated heterocycles. The van der Waals surface area contributed by atoms with Crippen LogP contribution in [0.4, 0.5) is 0 Å². The number of rotatable bonds is 5. The third kappa shape index (κ3) is 3.42. The lowest BCUT2D eigenvalue weighted by Crippen LogP contribution is -2.45. The molecule has 1 N–H and O–H groups in total. The lowest BCUT2D eigenvalue weighted by atomic mass is 10.1. The molecule has 1 aliphatic heterocycles. The minimum absolute atomic E-state index is 0.0530. The zero-order chi connectivity index (χ0) is 12.6. The number of aliphatic hydroxyl groups is 1. The molecule has 1 aliphatic carbocycles. The molecule has 2 unspecified atom stereocenters. The van der Waals surface area contributed by atoms with Gasteiger partial charge in [0.1, 0.15) is 0 Å². The highest BCUT2D eigenvalue weighted by molar-refractivity contribution is 7.91. The molecule has 2 fully saturated rings. The Morgan fingerprint density at radius 2 is 1.94 bits per heavy atom. The molecule has 4 nitrogen and oxygen atoms in total. The van der Waals surface area contributed by atoms with Crippen molar-refractivity contribution in [2.24, 2.45) is 5.92 Å². The van der Waals surface area contributed by atoms with Gasteiger partial charge in [-0.2, -0.15) is 0 Å². The van der Waals surface area contributed by atoms with Crippen LogP contribution in [0.2, 0.25) is 0 Å². The topological polar surface area (TPSA) is 57.6 Å². The standard InChI is InChI=1S/C12H23NO3S/c1-9(2)5-6-13(10-3-4-10)11-7-17(15,16)8-12(11)14/h9-12,14H,3-8H2,1-2H3. The van der Waals surface area contributed by atoms with Crippen LogP contribution in [0.15, 0.2) is 0 Å². The average molecular weight is 261 g/mol. The van der Waals surface area contributed by atoms with Gasteiger partial charge in [-0.1, -0.05) is 13.8 Å². The molecule has 0 radical (unpaired) electrons. The van der Waals surface area contributed by atoms with Crippen LogP contribution in [0.25, 0.3) is 0 Å². The van der Waals surface area contributed by atoms with Crippen LogP contribution >= 0.6 is 0 Å². The Balaban J connectivity index is 2.01. The van der Waals surface area contributed by atoms with Gasteiger partial charge in [0.05, 0.1) is 23.7 Å². The maximum Gasteiger partial charge on any atom is 0.154 e. The van der Waals surface area contributed by atoms with E-state index in [9.17, 15) is 13.5 Å². The van der Waals surface area contributed by atoms with E-state index in [4.69, 9.17) is 0 Å². The number of hydrogen-bond acceptors (Lipinski definition) is 4. The summed E-state index contributed by atoms with van der Waals surface area (Å²) in [5.74, 6) is 0.706. The zero-order valence-electron chi connectivity index (χ0n) is 10.7. The Labute approximate surface area is 104 Å². The predicted molar refractivity (Wildman–Crippen MR) is 67.6 cm³/mol. The Bertz CT molecular complexity index is 362. The molecule has 100 valence electrons. The van der Waals surface area contributed by atoms with Crippen molar-refractivity contribution in [2.75, 3.05) is 18.1 Å². The minimum Gasteiger partial charge on any atom is -0.390 e. The first kappa shape index (κ1) is 13.3. The van der Waals surface area contributed by atoms with Crippen molar-refractivity contribution >= 4 is 9.84 Å². The highest BCUT2D eigenvalue weighted by atomic mass is 32.2. The van der Waals surface area contributed by atoms with E-state index in [2.05, 4.69) is 18.7 Å². The quantitative estimate of drug-likeness (QED) is 0.789. The van der Waals surface area contributed by atoms with Crippen LogP contribution in [-0.2, 0) is 9.84 Å². The highest BCUT2D eigenvalue weighted by Gasteiger charge is 2.44. The van der Waals surface area contributed by atoms with E-state index in [1.807, 2.05) is 0 Å². The van der Waals surface area contributed by atoms with Gasteiger partial charge in [0.2, 0.25) is 0 Å². The fraction of sp³-hybridized carbons (Fsp3) is 1.00. The third-order valence-electron chi connectivity index (χ3n) is 3.70. The maximum absolute atomic E-state index is 11.6. The molecule has 0 bridgehead atoms. The summed E-state index contributed by atoms with van der Waals surface area (Å²) in [6.07, 6.45) is 2.69. The second kappa shape index (κ2) is 4.86. The van der Waals surface area contributed by atoms with Gasteiger partial charge < -0.3 is 5.11 Å². The SMILES string of the molecule is CC(C)CCN(C1CC1)C1CS(=O)(=O)CC1O.